The number of ether oxygens (including phenoxy) is 2. The molecule has 0 spiro atoms. The number of aliphatic hydroxyl groups is 1. The highest BCUT2D eigenvalue weighted by Gasteiger charge is 2.19. The van der Waals surface area contributed by atoms with E-state index in [4.69, 9.17) is 25.0 Å². The van der Waals surface area contributed by atoms with Crippen LogP contribution in [0.2, 0.25) is 0 Å². The molecule has 0 amide bonds. The molecule has 9 heteroatoms. The molecule has 0 radical (unpaired) electrons. The van der Waals surface area contributed by atoms with E-state index in [0.29, 0.717) is 30.3 Å². The highest BCUT2D eigenvalue weighted by Crippen LogP contribution is 2.25. The van der Waals surface area contributed by atoms with E-state index >= 15 is 0 Å². The summed E-state index contributed by atoms with van der Waals surface area (Å²) in [6.45, 7) is 4.75. The lowest BCUT2D eigenvalue weighted by Crippen LogP contribution is -2.37. The number of morpholine rings is 1. The monoisotopic (exact) mass is 436 g/mol. The van der Waals surface area contributed by atoms with Gasteiger partial charge in [-0.15, -0.1) is 0 Å². The number of benzene rings is 1. The maximum Gasteiger partial charge on any atom is 0.215 e. The first-order valence-electron chi connectivity index (χ1n) is 10.6. The first-order valence-corrected chi connectivity index (χ1v) is 10.6. The van der Waals surface area contributed by atoms with Gasteiger partial charge in [0, 0.05) is 37.3 Å². The number of anilines is 2. The van der Waals surface area contributed by atoms with Gasteiger partial charge in [-0.3, -0.25) is 5.41 Å². The molecule has 1 unspecified atom stereocenters. The second kappa shape index (κ2) is 9.80. The summed E-state index contributed by atoms with van der Waals surface area (Å²) >= 11 is 0. The van der Waals surface area contributed by atoms with Gasteiger partial charge in [-0.05, 0) is 5.56 Å². The van der Waals surface area contributed by atoms with Gasteiger partial charge in [0.05, 0.1) is 38.2 Å². The standard InChI is InChI=1S/C23H28N6O3/c1-16(15-30)19-12-21-26-20(13-22(29(21)27-19)28-8-10-32-11-9-28)25-14-18(23(24)31-2)17-6-4-3-5-7-17/h3-7,12-14,16,24,30H,8-11,15H2,1-2H3,(H,25,26)/b18-14-,24-23?. The lowest BCUT2D eigenvalue weighted by atomic mass is 10.1. The van der Waals surface area contributed by atoms with Gasteiger partial charge in [-0.25, -0.2) is 4.98 Å². The van der Waals surface area contributed by atoms with Crippen LogP contribution in [0.3, 0.4) is 0 Å². The zero-order valence-corrected chi connectivity index (χ0v) is 18.3. The first-order chi connectivity index (χ1) is 15.6. The minimum absolute atomic E-state index is 0.0180. The van der Waals surface area contributed by atoms with Gasteiger partial charge < -0.3 is 24.8 Å². The Balaban J connectivity index is 1.74. The average molecular weight is 437 g/mol. The molecule has 32 heavy (non-hydrogen) atoms. The van der Waals surface area contributed by atoms with E-state index in [-0.39, 0.29) is 18.4 Å². The molecule has 1 aliphatic rings. The fraction of sp³-hybridized carbons (Fsp3) is 0.348. The van der Waals surface area contributed by atoms with E-state index in [1.54, 1.807) is 6.20 Å². The zero-order valence-electron chi connectivity index (χ0n) is 18.3. The maximum absolute atomic E-state index is 9.57. The van der Waals surface area contributed by atoms with Crippen molar-refractivity contribution in [1.29, 1.82) is 5.41 Å². The number of fused-ring (bicyclic) bond motifs is 1. The van der Waals surface area contributed by atoms with E-state index in [9.17, 15) is 5.11 Å². The molecule has 0 bridgehead atoms. The molecule has 1 fully saturated rings. The Hall–Kier alpha value is -3.43. The second-order valence-corrected chi connectivity index (χ2v) is 7.62. The van der Waals surface area contributed by atoms with Crippen molar-refractivity contribution in [3.8, 4) is 0 Å². The van der Waals surface area contributed by atoms with Crippen LogP contribution in [0.5, 0.6) is 0 Å². The highest BCUT2D eigenvalue weighted by molar-refractivity contribution is 6.18. The molecule has 0 aliphatic carbocycles. The van der Waals surface area contributed by atoms with Gasteiger partial charge in [0.1, 0.15) is 11.6 Å². The zero-order chi connectivity index (χ0) is 22.5. The molecule has 3 heterocycles. The van der Waals surface area contributed by atoms with Crippen LogP contribution in [0.15, 0.2) is 48.7 Å². The van der Waals surface area contributed by atoms with Crippen LogP contribution in [-0.4, -0.2) is 65.6 Å². The van der Waals surface area contributed by atoms with E-state index in [1.165, 1.54) is 7.11 Å². The number of nitrogens with zero attached hydrogens (tertiary/aromatic N) is 4. The van der Waals surface area contributed by atoms with Crippen LogP contribution in [0, 0.1) is 5.41 Å². The molecule has 3 aromatic rings. The summed E-state index contributed by atoms with van der Waals surface area (Å²) in [6.07, 6.45) is 1.73. The van der Waals surface area contributed by atoms with Crippen LogP contribution >= 0.6 is 0 Å². The summed E-state index contributed by atoms with van der Waals surface area (Å²) in [7, 11) is 1.48. The Labute approximate surface area is 186 Å². The van der Waals surface area contributed by atoms with Crippen molar-refractivity contribution in [3.63, 3.8) is 0 Å². The van der Waals surface area contributed by atoms with E-state index in [1.807, 2.05) is 53.9 Å². The number of aliphatic hydroxyl groups excluding tert-OH is 1. The smallest absolute Gasteiger partial charge is 0.215 e. The Kier molecular flexibility index (Phi) is 6.67. The minimum atomic E-state index is -0.0857. The lowest BCUT2D eigenvalue weighted by molar-refractivity contribution is 0.122. The Morgan fingerprint density at radius 1 is 1.28 bits per heavy atom. The number of hydrogen-bond acceptors (Lipinski definition) is 8. The number of hydrogen-bond donors (Lipinski definition) is 3. The third kappa shape index (κ3) is 4.58. The van der Waals surface area contributed by atoms with Gasteiger partial charge in [-0.2, -0.15) is 9.61 Å². The predicted octanol–water partition coefficient (Wildman–Crippen LogP) is 2.74. The second-order valence-electron chi connectivity index (χ2n) is 7.62. The van der Waals surface area contributed by atoms with Crippen molar-refractivity contribution in [3.05, 3.63) is 59.9 Å². The van der Waals surface area contributed by atoms with Crippen molar-refractivity contribution < 1.29 is 14.6 Å². The number of methoxy groups -OCH3 is 1. The average Bonchev–Trinajstić information content (AvgIpc) is 3.28. The van der Waals surface area contributed by atoms with Crippen LogP contribution in [0.1, 0.15) is 24.1 Å². The number of nitrogens with one attached hydrogen (secondary N) is 2. The van der Waals surface area contributed by atoms with E-state index in [0.717, 1.165) is 30.2 Å². The number of rotatable bonds is 7. The van der Waals surface area contributed by atoms with E-state index < -0.39 is 0 Å². The molecule has 4 rings (SSSR count). The normalized spacial score (nSPS) is 15.6. The maximum atomic E-state index is 9.57. The first kappa shape index (κ1) is 21.8. The summed E-state index contributed by atoms with van der Waals surface area (Å²) in [5, 5.41) is 25.7. The third-order valence-electron chi connectivity index (χ3n) is 5.44. The van der Waals surface area contributed by atoms with Crippen molar-refractivity contribution in [1.82, 2.24) is 14.6 Å². The van der Waals surface area contributed by atoms with Crippen LogP contribution < -0.4 is 10.2 Å². The molecular weight excluding hydrogens is 408 g/mol. The summed E-state index contributed by atoms with van der Waals surface area (Å²) in [4.78, 5) is 6.92. The topological polar surface area (TPSA) is 108 Å². The fourth-order valence-electron chi connectivity index (χ4n) is 3.56. The SMILES string of the molecule is COC(=N)/C(=C\Nc1cc(N2CCOCC2)n2nc(C(C)CO)cc2n1)c1ccccc1. The van der Waals surface area contributed by atoms with Gasteiger partial charge in [0.2, 0.25) is 5.90 Å². The van der Waals surface area contributed by atoms with Gasteiger partial charge in [-0.1, -0.05) is 37.3 Å². The summed E-state index contributed by atoms with van der Waals surface area (Å²) < 4.78 is 12.5. The van der Waals surface area contributed by atoms with Crippen molar-refractivity contribution in [2.75, 3.05) is 50.2 Å². The molecule has 168 valence electrons. The lowest BCUT2D eigenvalue weighted by Gasteiger charge is -2.29. The number of aromatic nitrogens is 3. The Morgan fingerprint density at radius 3 is 2.72 bits per heavy atom. The van der Waals surface area contributed by atoms with Gasteiger partial charge in [0.15, 0.2) is 5.65 Å². The van der Waals surface area contributed by atoms with Crippen LogP contribution in [-0.2, 0) is 9.47 Å². The third-order valence-corrected chi connectivity index (χ3v) is 5.44. The summed E-state index contributed by atoms with van der Waals surface area (Å²) in [5.41, 5.74) is 2.95. The predicted molar refractivity (Wildman–Crippen MR) is 124 cm³/mol. The summed E-state index contributed by atoms with van der Waals surface area (Å²) in [6, 6.07) is 13.5. The Morgan fingerprint density at radius 2 is 2.03 bits per heavy atom. The molecule has 3 N–H and O–H groups in total. The van der Waals surface area contributed by atoms with Gasteiger partial charge in [0.25, 0.3) is 0 Å². The fourth-order valence-corrected chi connectivity index (χ4v) is 3.56. The quantitative estimate of drug-likeness (QED) is 0.386. The van der Waals surface area contributed by atoms with E-state index in [2.05, 4.69) is 10.2 Å². The summed E-state index contributed by atoms with van der Waals surface area (Å²) in [5.74, 6) is 1.49. The molecule has 1 aromatic carbocycles. The Bertz CT molecular complexity index is 1110. The van der Waals surface area contributed by atoms with Crippen molar-refractivity contribution in [2.24, 2.45) is 0 Å². The largest absolute Gasteiger partial charge is 0.481 e. The van der Waals surface area contributed by atoms with Crippen LogP contribution in [0.4, 0.5) is 11.6 Å². The molecule has 1 aliphatic heterocycles. The van der Waals surface area contributed by atoms with Crippen molar-refractivity contribution in [2.45, 2.75) is 12.8 Å². The van der Waals surface area contributed by atoms with Crippen LogP contribution in [0.25, 0.3) is 11.2 Å². The molecule has 1 atom stereocenters. The molecule has 2 aromatic heterocycles. The molecule has 0 saturated carbocycles. The minimum Gasteiger partial charge on any atom is -0.481 e. The highest BCUT2D eigenvalue weighted by atomic mass is 16.5. The molecule has 1 saturated heterocycles. The molecule has 9 nitrogen and oxygen atoms in total. The van der Waals surface area contributed by atoms with Gasteiger partial charge >= 0.3 is 0 Å². The molecular formula is C23H28N6O3. The van der Waals surface area contributed by atoms with Crippen molar-refractivity contribution >= 4 is 28.8 Å².